The van der Waals surface area contributed by atoms with E-state index in [0.29, 0.717) is 32.8 Å². The zero-order valence-corrected chi connectivity index (χ0v) is 11.6. The number of hydrogen-bond acceptors (Lipinski definition) is 4. The lowest BCUT2D eigenvalue weighted by molar-refractivity contribution is -0.127. The smallest absolute Gasteiger partial charge is 0.232 e. The predicted octanol–water partition coefficient (Wildman–Crippen LogP) is 0.468. The number of carbonyl (C=O) groups excluding carboxylic acids is 1. The van der Waals surface area contributed by atoms with Crippen LogP contribution in [-0.2, 0) is 14.3 Å². The van der Waals surface area contributed by atoms with Crippen LogP contribution in [-0.4, -0.2) is 44.4 Å². The van der Waals surface area contributed by atoms with Gasteiger partial charge < -0.3 is 20.5 Å². The first-order valence-corrected chi connectivity index (χ1v) is 6.04. The molecule has 0 spiro atoms. The van der Waals surface area contributed by atoms with E-state index in [0.717, 1.165) is 0 Å². The van der Waals surface area contributed by atoms with Gasteiger partial charge in [0.25, 0.3) is 0 Å². The summed E-state index contributed by atoms with van der Waals surface area (Å²) in [5.74, 6) is -0.150. The number of nitrogens with one attached hydrogen (secondary N) is 1. The molecule has 0 fully saturated rings. The van der Waals surface area contributed by atoms with Gasteiger partial charge in [0.05, 0.1) is 30.2 Å². The number of nitrogens with two attached hydrogens (primary N) is 1. The maximum atomic E-state index is 11.9. The highest BCUT2D eigenvalue weighted by atomic mass is 32.1. The van der Waals surface area contributed by atoms with Crippen molar-refractivity contribution in [3.05, 3.63) is 0 Å². The average molecular weight is 262 g/mol. The van der Waals surface area contributed by atoms with E-state index in [1.165, 1.54) is 0 Å². The van der Waals surface area contributed by atoms with E-state index in [2.05, 4.69) is 5.32 Å². The van der Waals surface area contributed by atoms with E-state index < -0.39 is 5.41 Å². The van der Waals surface area contributed by atoms with Crippen molar-refractivity contribution in [2.24, 2.45) is 11.1 Å². The van der Waals surface area contributed by atoms with Crippen molar-refractivity contribution < 1.29 is 14.3 Å². The van der Waals surface area contributed by atoms with E-state index in [1.54, 1.807) is 14.0 Å². The molecule has 0 aliphatic heterocycles. The fraction of sp³-hybridized carbons (Fsp3) is 0.818. The van der Waals surface area contributed by atoms with Crippen molar-refractivity contribution in [3.63, 3.8) is 0 Å². The van der Waals surface area contributed by atoms with Gasteiger partial charge in [-0.2, -0.15) is 0 Å². The Balaban J connectivity index is 3.89. The first kappa shape index (κ1) is 16.3. The Kier molecular flexibility index (Phi) is 8.03. The van der Waals surface area contributed by atoms with Crippen LogP contribution in [0.1, 0.15) is 20.3 Å². The summed E-state index contributed by atoms with van der Waals surface area (Å²) in [5.41, 5.74) is 4.80. The van der Waals surface area contributed by atoms with E-state index in [-0.39, 0.29) is 10.9 Å². The van der Waals surface area contributed by atoms with E-state index in [1.807, 2.05) is 6.92 Å². The molecule has 5 nitrogen and oxygen atoms in total. The van der Waals surface area contributed by atoms with Crippen molar-refractivity contribution in [3.8, 4) is 0 Å². The maximum Gasteiger partial charge on any atom is 0.232 e. The third kappa shape index (κ3) is 5.43. The van der Waals surface area contributed by atoms with Gasteiger partial charge >= 0.3 is 0 Å². The van der Waals surface area contributed by atoms with Crippen LogP contribution < -0.4 is 11.1 Å². The standard InChI is InChI=1S/C11H22N2O3S/c1-4-11(2,9(12)17)10(14)13-5-6-16-8-7-15-3/h4-8H2,1-3H3,(H2,12,17)(H,13,14). The molecule has 0 bridgehead atoms. The van der Waals surface area contributed by atoms with E-state index in [4.69, 9.17) is 27.4 Å². The highest BCUT2D eigenvalue weighted by Gasteiger charge is 2.34. The van der Waals surface area contributed by atoms with Gasteiger partial charge in [-0.05, 0) is 13.3 Å². The lowest BCUT2D eigenvalue weighted by Crippen LogP contribution is -2.47. The second kappa shape index (κ2) is 8.38. The molecule has 1 amide bonds. The molecular weight excluding hydrogens is 240 g/mol. The number of methoxy groups -OCH3 is 1. The van der Waals surface area contributed by atoms with Crippen LogP contribution in [0.3, 0.4) is 0 Å². The monoisotopic (exact) mass is 262 g/mol. The van der Waals surface area contributed by atoms with Crippen molar-refractivity contribution in [2.45, 2.75) is 20.3 Å². The maximum absolute atomic E-state index is 11.9. The molecule has 6 heteroatoms. The molecule has 0 aromatic heterocycles. The van der Waals surface area contributed by atoms with Gasteiger partial charge in [-0.25, -0.2) is 0 Å². The van der Waals surface area contributed by atoms with Crippen molar-refractivity contribution >= 4 is 23.1 Å². The molecule has 0 radical (unpaired) electrons. The number of amides is 1. The quantitative estimate of drug-likeness (QED) is 0.467. The van der Waals surface area contributed by atoms with Crippen LogP contribution in [0.25, 0.3) is 0 Å². The minimum atomic E-state index is -0.776. The molecule has 0 saturated carbocycles. The summed E-state index contributed by atoms with van der Waals surface area (Å²) in [4.78, 5) is 12.1. The summed E-state index contributed by atoms with van der Waals surface area (Å²) in [7, 11) is 1.61. The lowest BCUT2D eigenvalue weighted by atomic mass is 9.86. The third-order valence-electron chi connectivity index (χ3n) is 2.72. The molecule has 0 saturated heterocycles. The molecule has 0 aromatic carbocycles. The van der Waals surface area contributed by atoms with Crippen molar-refractivity contribution in [1.29, 1.82) is 0 Å². The van der Waals surface area contributed by atoms with Crippen LogP contribution in [0.15, 0.2) is 0 Å². The fourth-order valence-corrected chi connectivity index (χ4v) is 1.36. The summed E-state index contributed by atoms with van der Waals surface area (Å²) in [6.45, 7) is 5.59. The number of carbonyl (C=O) groups is 1. The van der Waals surface area contributed by atoms with Gasteiger partial charge in [-0.3, -0.25) is 4.79 Å². The van der Waals surface area contributed by atoms with E-state index >= 15 is 0 Å². The summed E-state index contributed by atoms with van der Waals surface area (Å²) in [6.07, 6.45) is 0.582. The minimum absolute atomic E-state index is 0.150. The summed E-state index contributed by atoms with van der Waals surface area (Å²) in [5, 5.41) is 2.76. The third-order valence-corrected chi connectivity index (χ3v) is 3.17. The summed E-state index contributed by atoms with van der Waals surface area (Å²) < 4.78 is 10.1. The molecular formula is C11H22N2O3S. The van der Waals surface area contributed by atoms with Crippen molar-refractivity contribution in [1.82, 2.24) is 5.32 Å². The van der Waals surface area contributed by atoms with Crippen LogP contribution >= 0.6 is 12.2 Å². The number of ether oxygens (including phenoxy) is 2. The molecule has 0 aromatic rings. The van der Waals surface area contributed by atoms with Gasteiger partial charge in [-0.1, -0.05) is 19.1 Å². The topological polar surface area (TPSA) is 73.6 Å². The lowest BCUT2D eigenvalue weighted by Gasteiger charge is -2.25. The predicted molar refractivity (Wildman–Crippen MR) is 70.9 cm³/mol. The zero-order valence-electron chi connectivity index (χ0n) is 10.7. The average Bonchev–Trinajstić information content (AvgIpc) is 2.31. The van der Waals surface area contributed by atoms with Gasteiger partial charge in [-0.15, -0.1) is 0 Å². The first-order chi connectivity index (χ1) is 7.99. The van der Waals surface area contributed by atoms with Crippen LogP contribution in [0, 0.1) is 5.41 Å². The first-order valence-electron chi connectivity index (χ1n) is 5.64. The Morgan fingerprint density at radius 2 is 2.06 bits per heavy atom. The highest BCUT2D eigenvalue weighted by molar-refractivity contribution is 7.80. The minimum Gasteiger partial charge on any atom is -0.392 e. The highest BCUT2D eigenvalue weighted by Crippen LogP contribution is 2.21. The summed E-state index contributed by atoms with van der Waals surface area (Å²) in [6, 6.07) is 0. The number of rotatable bonds is 9. The second-order valence-corrected chi connectivity index (χ2v) is 4.35. The van der Waals surface area contributed by atoms with Crippen LogP contribution in [0.5, 0.6) is 0 Å². The molecule has 1 unspecified atom stereocenters. The fourth-order valence-electron chi connectivity index (χ4n) is 1.12. The van der Waals surface area contributed by atoms with Gasteiger partial charge in [0, 0.05) is 13.7 Å². The molecule has 3 N–H and O–H groups in total. The normalized spacial score (nSPS) is 14.1. The van der Waals surface area contributed by atoms with Crippen LogP contribution in [0.4, 0.5) is 0 Å². The molecule has 100 valence electrons. The second-order valence-electron chi connectivity index (χ2n) is 3.91. The Labute approximate surface area is 108 Å². The Morgan fingerprint density at radius 3 is 2.53 bits per heavy atom. The van der Waals surface area contributed by atoms with Gasteiger partial charge in [0.2, 0.25) is 5.91 Å². The Hall–Kier alpha value is -0.720. The largest absolute Gasteiger partial charge is 0.392 e. The molecule has 0 rings (SSSR count). The molecule has 17 heavy (non-hydrogen) atoms. The SMILES string of the molecule is CCC(C)(C(=O)NCCOCCOC)C(N)=S. The number of thiocarbonyl (C=S) groups is 1. The Morgan fingerprint density at radius 1 is 1.41 bits per heavy atom. The van der Waals surface area contributed by atoms with Crippen LogP contribution in [0.2, 0.25) is 0 Å². The zero-order chi connectivity index (χ0) is 13.3. The van der Waals surface area contributed by atoms with Crippen molar-refractivity contribution in [2.75, 3.05) is 33.5 Å². The number of hydrogen-bond donors (Lipinski definition) is 2. The molecule has 0 aliphatic carbocycles. The molecule has 0 aliphatic rings. The van der Waals surface area contributed by atoms with Gasteiger partial charge in [0.15, 0.2) is 0 Å². The molecule has 0 heterocycles. The van der Waals surface area contributed by atoms with Gasteiger partial charge in [0.1, 0.15) is 0 Å². The molecule has 1 atom stereocenters. The Bertz CT molecular complexity index is 261. The van der Waals surface area contributed by atoms with E-state index in [9.17, 15) is 4.79 Å². The summed E-state index contributed by atoms with van der Waals surface area (Å²) >= 11 is 4.91.